The number of rotatable bonds is 4. The second-order valence-electron chi connectivity index (χ2n) is 13.6. The van der Waals surface area contributed by atoms with E-state index in [2.05, 4.69) is 147 Å². The van der Waals surface area contributed by atoms with Crippen LogP contribution in [0.5, 0.6) is 0 Å². The van der Waals surface area contributed by atoms with Crippen molar-refractivity contribution in [3.8, 4) is 56.4 Å². The van der Waals surface area contributed by atoms with Gasteiger partial charge in [-0.05, 0) is 68.4 Å². The monoisotopic (exact) mass is 657 g/mol. The molecule has 2 aromatic heterocycles. The predicted molar refractivity (Wildman–Crippen MR) is 210 cm³/mol. The first-order chi connectivity index (χ1) is 24.5. The van der Waals surface area contributed by atoms with Crippen molar-refractivity contribution in [2.45, 2.75) is 19.3 Å². The lowest BCUT2D eigenvalue weighted by atomic mass is 9.79. The Bertz CT molecular complexity index is 2780. The number of benzene rings is 7. The van der Waals surface area contributed by atoms with Crippen LogP contribution in [0.3, 0.4) is 0 Å². The van der Waals surface area contributed by atoms with Gasteiger partial charge in [-0.3, -0.25) is 0 Å². The van der Waals surface area contributed by atoms with Crippen molar-refractivity contribution in [1.82, 2.24) is 15.0 Å². The molecule has 9 aromatic rings. The van der Waals surface area contributed by atoms with Gasteiger partial charge in [0.2, 0.25) is 0 Å². The lowest BCUT2D eigenvalue weighted by Crippen LogP contribution is -2.15. The van der Waals surface area contributed by atoms with Gasteiger partial charge in [0.15, 0.2) is 17.5 Å². The van der Waals surface area contributed by atoms with Crippen LogP contribution in [0.1, 0.15) is 25.0 Å². The van der Waals surface area contributed by atoms with Crippen LogP contribution in [-0.4, -0.2) is 15.0 Å². The number of hydrogen-bond donors (Lipinski definition) is 0. The Balaban J connectivity index is 1.25. The second-order valence-corrected chi connectivity index (χ2v) is 14.7. The molecule has 3 nitrogen and oxygen atoms in total. The number of fused-ring (bicyclic) bond motifs is 8. The van der Waals surface area contributed by atoms with Crippen LogP contribution >= 0.6 is 11.3 Å². The van der Waals surface area contributed by atoms with Gasteiger partial charge in [0.05, 0.1) is 0 Å². The van der Waals surface area contributed by atoms with E-state index in [-0.39, 0.29) is 5.41 Å². The average Bonchev–Trinajstić information content (AvgIpc) is 3.66. The Hall–Kier alpha value is -5.97. The van der Waals surface area contributed by atoms with Crippen molar-refractivity contribution in [3.63, 3.8) is 0 Å². The molecule has 1 aliphatic carbocycles. The molecule has 0 spiro atoms. The summed E-state index contributed by atoms with van der Waals surface area (Å²) in [6.45, 7) is 4.70. The molecule has 1 aliphatic rings. The second kappa shape index (κ2) is 11.0. The number of nitrogens with zero attached hydrogens (tertiary/aromatic N) is 3. The summed E-state index contributed by atoms with van der Waals surface area (Å²) in [7, 11) is 0. The van der Waals surface area contributed by atoms with Gasteiger partial charge in [0.1, 0.15) is 0 Å². The molecule has 50 heavy (non-hydrogen) atoms. The average molecular weight is 658 g/mol. The highest BCUT2D eigenvalue weighted by Gasteiger charge is 2.39. The maximum Gasteiger partial charge on any atom is 0.164 e. The van der Waals surface area contributed by atoms with Gasteiger partial charge in [-0.2, -0.15) is 0 Å². The molecule has 2 heterocycles. The highest BCUT2D eigenvalue weighted by Crippen LogP contribution is 2.55. The minimum Gasteiger partial charge on any atom is -0.208 e. The van der Waals surface area contributed by atoms with Gasteiger partial charge in [-0.15, -0.1) is 11.3 Å². The summed E-state index contributed by atoms with van der Waals surface area (Å²) < 4.78 is 2.51. The smallest absolute Gasteiger partial charge is 0.164 e. The van der Waals surface area contributed by atoms with Crippen molar-refractivity contribution in [1.29, 1.82) is 0 Å². The van der Waals surface area contributed by atoms with Gasteiger partial charge in [0, 0.05) is 42.3 Å². The first kappa shape index (κ1) is 29.0. The summed E-state index contributed by atoms with van der Waals surface area (Å²) in [5.41, 5.74) is 10.3. The van der Waals surface area contributed by atoms with E-state index in [1.54, 1.807) is 0 Å². The zero-order valence-corrected chi connectivity index (χ0v) is 28.5. The van der Waals surface area contributed by atoms with E-state index in [0.717, 1.165) is 16.7 Å². The third-order valence-electron chi connectivity index (χ3n) is 10.3. The third kappa shape index (κ3) is 4.45. The Kier molecular flexibility index (Phi) is 6.39. The molecule has 0 aliphatic heterocycles. The molecule has 0 bridgehead atoms. The third-order valence-corrected chi connectivity index (χ3v) is 11.4. The molecule has 0 N–H and O–H groups in total. The first-order valence-corrected chi connectivity index (χ1v) is 17.8. The lowest BCUT2D eigenvalue weighted by molar-refractivity contribution is 0.666. The molecule has 0 saturated heterocycles. The first-order valence-electron chi connectivity index (χ1n) is 17.0. The van der Waals surface area contributed by atoms with Gasteiger partial charge in [-0.25, -0.2) is 15.0 Å². The van der Waals surface area contributed by atoms with Crippen molar-refractivity contribution in [2.24, 2.45) is 0 Å². The van der Waals surface area contributed by atoms with Gasteiger partial charge >= 0.3 is 0 Å². The van der Waals surface area contributed by atoms with Crippen molar-refractivity contribution >= 4 is 42.3 Å². The van der Waals surface area contributed by atoms with Crippen molar-refractivity contribution in [3.05, 3.63) is 163 Å². The molecule has 7 aromatic carbocycles. The van der Waals surface area contributed by atoms with Gasteiger partial charge in [0.25, 0.3) is 0 Å². The van der Waals surface area contributed by atoms with Crippen LogP contribution in [0.25, 0.3) is 87.4 Å². The molecule has 0 saturated carbocycles. The van der Waals surface area contributed by atoms with Crippen LogP contribution in [0.2, 0.25) is 0 Å². The molecule has 0 unspecified atom stereocenters. The molecule has 0 fully saturated rings. The highest BCUT2D eigenvalue weighted by atomic mass is 32.1. The summed E-state index contributed by atoms with van der Waals surface area (Å²) in [6, 6.07) is 54.1. The molecule has 10 rings (SSSR count). The fourth-order valence-corrected chi connectivity index (χ4v) is 9.04. The quantitative estimate of drug-likeness (QED) is 0.189. The molecule has 236 valence electrons. The van der Waals surface area contributed by atoms with E-state index in [4.69, 9.17) is 15.0 Å². The molecule has 0 atom stereocenters. The number of hydrogen-bond acceptors (Lipinski definition) is 4. The van der Waals surface area contributed by atoms with E-state index in [1.165, 1.54) is 64.3 Å². The molecule has 4 heteroatoms. The van der Waals surface area contributed by atoms with Crippen molar-refractivity contribution in [2.75, 3.05) is 0 Å². The summed E-state index contributed by atoms with van der Waals surface area (Å²) >= 11 is 1.81. The van der Waals surface area contributed by atoms with Crippen LogP contribution in [-0.2, 0) is 5.41 Å². The Morgan fingerprint density at radius 1 is 0.440 bits per heavy atom. The predicted octanol–water partition coefficient (Wildman–Crippen LogP) is 12.4. The number of thiophene rings is 1. The zero-order chi connectivity index (χ0) is 33.4. The highest BCUT2D eigenvalue weighted by molar-refractivity contribution is 7.25. The maximum atomic E-state index is 5.31. The molecular formula is C46H31N3S. The largest absolute Gasteiger partial charge is 0.208 e. The lowest BCUT2D eigenvalue weighted by Gasteiger charge is -2.24. The molecular weight excluding hydrogens is 627 g/mol. The standard InChI is InChI=1S/C46H31N3S/c1-46(2)38-19-11-9-18-35(38)41-37(26-31-22-21-30(25-36(31)42(41)46)28-13-5-3-6-14-28)45-48-43(29-15-7-4-8-16-29)47-44(49-45)32-23-24-34-33-17-10-12-20-39(33)50-40(34)27-32/h3-27H,1-2H3. The summed E-state index contributed by atoms with van der Waals surface area (Å²) in [5.74, 6) is 2.02. The Morgan fingerprint density at radius 2 is 1.08 bits per heavy atom. The van der Waals surface area contributed by atoms with E-state index in [0.29, 0.717) is 17.5 Å². The van der Waals surface area contributed by atoms with E-state index in [9.17, 15) is 0 Å². The Labute approximate surface area is 294 Å². The van der Waals surface area contributed by atoms with Gasteiger partial charge < -0.3 is 0 Å². The topological polar surface area (TPSA) is 38.7 Å². The molecule has 0 radical (unpaired) electrons. The number of aromatic nitrogens is 3. The van der Waals surface area contributed by atoms with Crippen LogP contribution in [0.4, 0.5) is 0 Å². The van der Waals surface area contributed by atoms with Crippen LogP contribution in [0, 0.1) is 0 Å². The summed E-state index contributed by atoms with van der Waals surface area (Å²) in [4.78, 5) is 15.7. The summed E-state index contributed by atoms with van der Waals surface area (Å²) in [5, 5.41) is 4.98. The summed E-state index contributed by atoms with van der Waals surface area (Å²) in [6.07, 6.45) is 0. The fraction of sp³-hybridized carbons (Fsp3) is 0.0652. The minimum absolute atomic E-state index is 0.222. The van der Waals surface area contributed by atoms with E-state index in [1.807, 2.05) is 29.5 Å². The zero-order valence-electron chi connectivity index (χ0n) is 27.7. The van der Waals surface area contributed by atoms with Crippen LogP contribution in [0.15, 0.2) is 152 Å². The Morgan fingerprint density at radius 3 is 1.90 bits per heavy atom. The molecule has 0 amide bonds. The SMILES string of the molecule is CC1(C)c2ccccc2-c2c(-c3nc(-c4ccccc4)nc(-c4ccc5c(c4)sc4ccccc45)n3)cc3ccc(-c4ccccc4)cc3c21. The van der Waals surface area contributed by atoms with Crippen LogP contribution < -0.4 is 0 Å². The fourth-order valence-electron chi connectivity index (χ4n) is 7.90. The minimum atomic E-state index is -0.222. The van der Waals surface area contributed by atoms with E-state index < -0.39 is 0 Å². The van der Waals surface area contributed by atoms with Crippen molar-refractivity contribution < 1.29 is 0 Å². The normalized spacial score (nSPS) is 13.2. The van der Waals surface area contributed by atoms with Gasteiger partial charge in [-0.1, -0.05) is 141 Å². The van der Waals surface area contributed by atoms with E-state index >= 15 is 0 Å². The maximum absolute atomic E-state index is 5.31.